The van der Waals surface area contributed by atoms with E-state index in [-0.39, 0.29) is 29.6 Å². The molecule has 3 aromatic rings. The molecular weight excluding hydrogens is 300 g/mol. The molecule has 0 radical (unpaired) electrons. The zero-order valence-electron chi connectivity index (χ0n) is 12.2. The van der Waals surface area contributed by atoms with Crippen LogP contribution in [0.4, 0.5) is 8.78 Å². The molecule has 0 aliphatic rings. The Morgan fingerprint density at radius 3 is 2.70 bits per heavy atom. The second kappa shape index (κ2) is 5.93. The van der Waals surface area contributed by atoms with Gasteiger partial charge in [0.15, 0.2) is 11.6 Å². The molecule has 0 aliphatic carbocycles. The monoisotopic (exact) mass is 311 g/mol. The molecule has 0 bridgehead atoms. The van der Waals surface area contributed by atoms with Gasteiger partial charge in [-0.1, -0.05) is 18.2 Å². The number of halogens is 2. The molecule has 0 atom stereocenters. The summed E-state index contributed by atoms with van der Waals surface area (Å²) in [6, 6.07) is 9.76. The van der Waals surface area contributed by atoms with Crippen molar-refractivity contribution in [2.45, 2.75) is 13.5 Å². The zero-order valence-corrected chi connectivity index (χ0v) is 12.2. The third-order valence-electron chi connectivity index (χ3n) is 3.32. The summed E-state index contributed by atoms with van der Waals surface area (Å²) in [6.45, 7) is 1.62. The predicted molar refractivity (Wildman–Crippen MR) is 78.2 cm³/mol. The topological polar surface area (TPSA) is 67.4 Å². The summed E-state index contributed by atoms with van der Waals surface area (Å²) < 4.78 is 28.4. The lowest BCUT2D eigenvalue weighted by Crippen LogP contribution is -2.06. The minimum absolute atomic E-state index is 0.107. The van der Waals surface area contributed by atoms with Gasteiger partial charge in [-0.3, -0.25) is 0 Å². The number of nitrogens with zero attached hydrogens (tertiary/aromatic N) is 5. The van der Waals surface area contributed by atoms with Crippen molar-refractivity contribution < 1.29 is 8.78 Å². The number of rotatable bonds is 3. The number of aromatic nitrogens is 4. The maximum atomic E-state index is 13.7. The van der Waals surface area contributed by atoms with Crippen molar-refractivity contribution in [2.24, 2.45) is 0 Å². The van der Waals surface area contributed by atoms with E-state index in [9.17, 15) is 14.0 Å². The molecule has 0 fully saturated rings. The summed E-state index contributed by atoms with van der Waals surface area (Å²) in [4.78, 5) is 7.89. The predicted octanol–water partition coefficient (Wildman–Crippen LogP) is 2.85. The Kier molecular flexibility index (Phi) is 3.81. The van der Waals surface area contributed by atoms with Crippen LogP contribution in [-0.2, 0) is 6.54 Å². The summed E-state index contributed by atoms with van der Waals surface area (Å²) in [5, 5.41) is 13.5. The lowest BCUT2D eigenvalue weighted by atomic mass is 10.2. The molecular formula is C16H11F2N5. The fourth-order valence-corrected chi connectivity index (χ4v) is 2.10. The molecule has 7 heteroatoms. The van der Waals surface area contributed by atoms with Gasteiger partial charge in [0, 0.05) is 11.6 Å². The average Bonchev–Trinajstić information content (AvgIpc) is 2.95. The minimum Gasteiger partial charge on any atom is -0.250 e. The summed E-state index contributed by atoms with van der Waals surface area (Å²) in [5.74, 6) is -0.671. The van der Waals surface area contributed by atoms with Gasteiger partial charge in [-0.05, 0) is 13.0 Å². The van der Waals surface area contributed by atoms with Crippen molar-refractivity contribution in [2.75, 3.05) is 0 Å². The highest BCUT2D eigenvalue weighted by Gasteiger charge is 2.14. The normalized spacial score (nSPS) is 10.5. The van der Waals surface area contributed by atoms with Gasteiger partial charge in [-0.15, -0.1) is 0 Å². The quantitative estimate of drug-likeness (QED) is 0.746. The van der Waals surface area contributed by atoms with Crippen LogP contribution in [0, 0.1) is 29.9 Å². The number of aryl methyl sites for hydroxylation is 1. The molecule has 0 aliphatic heterocycles. The largest absolute Gasteiger partial charge is 0.250 e. The molecule has 0 N–H and O–H groups in total. The Bertz CT molecular complexity index is 911. The van der Waals surface area contributed by atoms with Crippen LogP contribution in [0.2, 0.25) is 0 Å². The van der Waals surface area contributed by atoms with Gasteiger partial charge < -0.3 is 0 Å². The van der Waals surface area contributed by atoms with Crippen LogP contribution in [0.5, 0.6) is 0 Å². The van der Waals surface area contributed by atoms with Gasteiger partial charge in [0.1, 0.15) is 23.3 Å². The fourth-order valence-electron chi connectivity index (χ4n) is 2.10. The van der Waals surface area contributed by atoms with Crippen molar-refractivity contribution >= 4 is 0 Å². The van der Waals surface area contributed by atoms with E-state index >= 15 is 0 Å². The highest BCUT2D eigenvalue weighted by Crippen LogP contribution is 2.18. The van der Waals surface area contributed by atoms with Crippen LogP contribution in [-0.4, -0.2) is 19.7 Å². The molecule has 1 aromatic carbocycles. The van der Waals surface area contributed by atoms with Gasteiger partial charge in [0.05, 0.1) is 18.4 Å². The van der Waals surface area contributed by atoms with E-state index in [2.05, 4.69) is 15.1 Å². The molecule has 0 amide bonds. The van der Waals surface area contributed by atoms with Crippen LogP contribution in [0.1, 0.15) is 17.0 Å². The van der Waals surface area contributed by atoms with Gasteiger partial charge in [0.2, 0.25) is 0 Å². The van der Waals surface area contributed by atoms with Crippen LogP contribution in [0.15, 0.2) is 36.5 Å². The Balaban J connectivity index is 2.00. The minimum atomic E-state index is -0.514. The summed E-state index contributed by atoms with van der Waals surface area (Å²) in [6.07, 6.45) is 1.06. The van der Waals surface area contributed by atoms with Crippen LogP contribution in [0.25, 0.3) is 11.5 Å². The van der Waals surface area contributed by atoms with Crippen LogP contribution in [0.3, 0.4) is 0 Å². The standard InChI is InChI=1S/C16H11F2N5/c1-10-14(18)8-20-16(21-10)15-6-12(7-19)23(22-15)9-11-4-2-3-5-13(11)17/h2-6,8H,9H2,1H3. The number of hydrogen-bond donors (Lipinski definition) is 0. The first-order valence-corrected chi connectivity index (χ1v) is 6.79. The number of benzene rings is 1. The highest BCUT2D eigenvalue weighted by atomic mass is 19.1. The van der Waals surface area contributed by atoms with Crippen molar-refractivity contribution in [3.63, 3.8) is 0 Å². The second-order valence-corrected chi connectivity index (χ2v) is 4.90. The second-order valence-electron chi connectivity index (χ2n) is 4.90. The molecule has 3 rings (SSSR count). The van der Waals surface area contributed by atoms with E-state index in [1.165, 1.54) is 23.7 Å². The molecule has 2 heterocycles. The first-order chi connectivity index (χ1) is 11.1. The van der Waals surface area contributed by atoms with Gasteiger partial charge in [-0.2, -0.15) is 10.4 Å². The van der Waals surface area contributed by atoms with E-state index in [1.54, 1.807) is 18.2 Å². The van der Waals surface area contributed by atoms with E-state index in [1.807, 2.05) is 6.07 Å². The van der Waals surface area contributed by atoms with Crippen LogP contribution < -0.4 is 0 Å². The van der Waals surface area contributed by atoms with E-state index < -0.39 is 5.82 Å². The molecule has 0 unspecified atom stereocenters. The van der Waals surface area contributed by atoms with Gasteiger partial charge in [0.25, 0.3) is 0 Å². The van der Waals surface area contributed by atoms with E-state index in [0.29, 0.717) is 11.3 Å². The SMILES string of the molecule is Cc1nc(-c2cc(C#N)n(Cc3ccccc3F)n2)ncc1F. The lowest BCUT2D eigenvalue weighted by Gasteiger charge is -2.04. The third-order valence-corrected chi connectivity index (χ3v) is 3.32. The highest BCUT2D eigenvalue weighted by molar-refractivity contribution is 5.51. The van der Waals surface area contributed by atoms with Crippen LogP contribution >= 0.6 is 0 Å². The first kappa shape index (κ1) is 14.8. The Labute approximate surface area is 130 Å². The van der Waals surface area contributed by atoms with Gasteiger partial charge in [-0.25, -0.2) is 23.4 Å². The molecule has 114 valence electrons. The molecule has 23 heavy (non-hydrogen) atoms. The molecule has 5 nitrogen and oxygen atoms in total. The number of hydrogen-bond acceptors (Lipinski definition) is 4. The summed E-state index contributed by atoms with van der Waals surface area (Å²) >= 11 is 0. The fraction of sp³-hybridized carbons (Fsp3) is 0.125. The lowest BCUT2D eigenvalue weighted by molar-refractivity contribution is 0.583. The molecule has 0 saturated heterocycles. The zero-order chi connectivity index (χ0) is 16.4. The van der Waals surface area contributed by atoms with Crippen molar-refractivity contribution in [3.05, 3.63) is 65.1 Å². The smallest absolute Gasteiger partial charge is 0.180 e. The van der Waals surface area contributed by atoms with Gasteiger partial charge >= 0.3 is 0 Å². The van der Waals surface area contributed by atoms with Crippen molar-refractivity contribution in [1.29, 1.82) is 5.26 Å². The Morgan fingerprint density at radius 1 is 1.22 bits per heavy atom. The maximum Gasteiger partial charge on any atom is 0.180 e. The van der Waals surface area contributed by atoms with E-state index in [0.717, 1.165) is 6.20 Å². The molecule has 0 saturated carbocycles. The van der Waals surface area contributed by atoms with E-state index in [4.69, 9.17) is 0 Å². The molecule has 0 spiro atoms. The van der Waals surface area contributed by atoms with Crippen molar-refractivity contribution in [3.8, 4) is 17.6 Å². The Morgan fingerprint density at radius 2 is 2.00 bits per heavy atom. The van der Waals surface area contributed by atoms with Crippen molar-refractivity contribution in [1.82, 2.24) is 19.7 Å². The molecule has 2 aromatic heterocycles. The average molecular weight is 311 g/mol. The third kappa shape index (κ3) is 2.92. The summed E-state index contributed by atoms with van der Waals surface area (Å²) in [7, 11) is 0. The Hall–Kier alpha value is -3.14. The first-order valence-electron chi connectivity index (χ1n) is 6.79. The number of nitriles is 1. The maximum absolute atomic E-state index is 13.7. The summed E-state index contributed by atoms with van der Waals surface area (Å²) in [5.41, 5.74) is 1.18.